The minimum Gasteiger partial charge on any atom is -0.508 e. The van der Waals surface area contributed by atoms with Crippen LogP contribution in [0.2, 0.25) is 0 Å². The SMILES string of the molecule is CN1C(=O)[C@](O)(Cc2cccc(O)c2)N(C)C(=O)[C@@H]1Cc1c[nH]c2cccc([N])c12. The minimum absolute atomic E-state index is 0.0127. The van der Waals surface area contributed by atoms with E-state index in [0.717, 1.165) is 10.4 Å². The Kier molecular flexibility index (Phi) is 4.66. The van der Waals surface area contributed by atoms with E-state index in [9.17, 15) is 25.5 Å². The summed E-state index contributed by atoms with van der Waals surface area (Å²) in [7, 11) is 2.88. The van der Waals surface area contributed by atoms with E-state index >= 15 is 0 Å². The number of piperazine rings is 1. The summed E-state index contributed by atoms with van der Waals surface area (Å²) in [6.45, 7) is 0. The number of phenols is 1. The summed E-state index contributed by atoms with van der Waals surface area (Å²) in [6.07, 6.45) is 1.75. The summed E-state index contributed by atoms with van der Waals surface area (Å²) in [4.78, 5) is 31.7. The van der Waals surface area contributed by atoms with Gasteiger partial charge < -0.3 is 25.0 Å². The molecule has 2 aromatic carbocycles. The Morgan fingerprint density at radius 1 is 1.17 bits per heavy atom. The second kappa shape index (κ2) is 7.07. The van der Waals surface area contributed by atoms with Crippen LogP contribution in [0.4, 0.5) is 5.69 Å². The molecule has 0 spiro atoms. The molecule has 0 unspecified atom stereocenters. The number of aromatic hydroxyl groups is 1. The zero-order chi connectivity index (χ0) is 21.6. The summed E-state index contributed by atoms with van der Waals surface area (Å²) in [5.41, 5.74) is 10.2. The molecule has 2 radical (unpaired) electrons. The number of aromatic nitrogens is 1. The quantitative estimate of drug-likeness (QED) is 0.606. The standard InChI is InChI=1S/C22H22N4O4/c1-25-18(10-14-12-24-17-8-4-7-16(23)19(14)17)20(28)26(2)22(30,21(25)29)11-13-5-3-6-15(27)9-13/h3-9,12,18,24,27,30H,10-11H2,1-2H3/t18-,22+/m0/s1. The van der Waals surface area contributed by atoms with Crippen LogP contribution in [-0.4, -0.2) is 62.7 Å². The Morgan fingerprint density at radius 3 is 2.63 bits per heavy atom. The number of aromatic amines is 1. The Balaban J connectivity index is 1.64. The van der Waals surface area contributed by atoms with Gasteiger partial charge in [0.15, 0.2) is 0 Å². The second-order valence-corrected chi connectivity index (χ2v) is 7.71. The molecule has 2 heterocycles. The van der Waals surface area contributed by atoms with E-state index in [1.807, 2.05) is 6.07 Å². The zero-order valence-corrected chi connectivity index (χ0v) is 16.7. The molecule has 0 bridgehead atoms. The van der Waals surface area contributed by atoms with Gasteiger partial charge in [-0.05, 0) is 35.4 Å². The van der Waals surface area contributed by atoms with E-state index in [4.69, 9.17) is 0 Å². The largest absolute Gasteiger partial charge is 0.508 e. The third-order valence-corrected chi connectivity index (χ3v) is 5.84. The summed E-state index contributed by atoms with van der Waals surface area (Å²) in [5, 5.41) is 21.4. The van der Waals surface area contributed by atoms with Crippen LogP contribution in [0.25, 0.3) is 10.9 Å². The average Bonchev–Trinajstić information content (AvgIpc) is 3.13. The number of hydrogen-bond acceptors (Lipinski definition) is 4. The molecule has 8 heteroatoms. The number of likely N-dealkylation sites (N-methyl/N-ethyl adjacent to an activating group) is 2. The molecule has 3 N–H and O–H groups in total. The Morgan fingerprint density at radius 2 is 1.90 bits per heavy atom. The summed E-state index contributed by atoms with van der Waals surface area (Å²) < 4.78 is 0. The molecule has 2 amide bonds. The zero-order valence-electron chi connectivity index (χ0n) is 16.7. The number of nitrogens with one attached hydrogen (secondary N) is 1. The molecule has 1 saturated heterocycles. The lowest BCUT2D eigenvalue weighted by atomic mass is 9.92. The third-order valence-electron chi connectivity index (χ3n) is 5.84. The third kappa shape index (κ3) is 3.05. The first-order valence-corrected chi connectivity index (χ1v) is 9.55. The van der Waals surface area contributed by atoms with Crippen molar-refractivity contribution in [1.82, 2.24) is 20.5 Å². The molecule has 1 aliphatic heterocycles. The average molecular weight is 406 g/mol. The minimum atomic E-state index is -2.06. The molecule has 154 valence electrons. The van der Waals surface area contributed by atoms with Crippen molar-refractivity contribution in [1.29, 1.82) is 0 Å². The normalized spacial score (nSPS) is 22.2. The van der Waals surface area contributed by atoms with Gasteiger partial charge in [-0.3, -0.25) is 9.59 Å². The van der Waals surface area contributed by atoms with E-state index < -0.39 is 23.6 Å². The molecule has 2 atom stereocenters. The molecule has 3 aromatic rings. The predicted octanol–water partition coefficient (Wildman–Crippen LogP) is 1.35. The maximum Gasteiger partial charge on any atom is 0.276 e. The highest BCUT2D eigenvalue weighted by atomic mass is 16.3. The lowest BCUT2D eigenvalue weighted by Gasteiger charge is -2.47. The first kappa shape index (κ1) is 19.8. The van der Waals surface area contributed by atoms with Gasteiger partial charge in [-0.2, -0.15) is 0 Å². The summed E-state index contributed by atoms with van der Waals surface area (Å²) in [5.74, 6) is -1.01. The van der Waals surface area contributed by atoms with Crippen molar-refractivity contribution >= 4 is 28.4 Å². The molecule has 0 aliphatic carbocycles. The highest BCUT2D eigenvalue weighted by Crippen LogP contribution is 2.32. The van der Waals surface area contributed by atoms with Crippen LogP contribution in [0, 0.1) is 0 Å². The fraction of sp³-hybridized carbons (Fsp3) is 0.273. The molecule has 0 saturated carbocycles. The number of hydrogen-bond donors (Lipinski definition) is 3. The van der Waals surface area contributed by atoms with Gasteiger partial charge in [0.05, 0.1) is 5.69 Å². The Labute approximate surface area is 173 Å². The van der Waals surface area contributed by atoms with Crippen molar-refractivity contribution in [3.05, 3.63) is 59.8 Å². The molecular formula is C22H22N4O4. The van der Waals surface area contributed by atoms with Crippen molar-refractivity contribution in [3.8, 4) is 5.75 Å². The molecule has 1 aromatic heterocycles. The number of benzene rings is 2. The number of aliphatic hydroxyl groups is 1. The number of phenolic OH excluding ortho intramolecular Hbond substituents is 1. The maximum atomic E-state index is 13.2. The van der Waals surface area contributed by atoms with E-state index in [1.165, 1.54) is 31.1 Å². The maximum absolute atomic E-state index is 13.2. The van der Waals surface area contributed by atoms with Gasteiger partial charge in [-0.15, -0.1) is 5.73 Å². The smallest absolute Gasteiger partial charge is 0.276 e. The summed E-state index contributed by atoms with van der Waals surface area (Å²) >= 11 is 0. The monoisotopic (exact) mass is 406 g/mol. The van der Waals surface area contributed by atoms with Crippen LogP contribution in [0.1, 0.15) is 11.1 Å². The molecule has 1 aliphatic rings. The molecule has 1 fully saturated rings. The van der Waals surface area contributed by atoms with Crippen LogP contribution in [0.5, 0.6) is 5.75 Å². The molecule has 30 heavy (non-hydrogen) atoms. The van der Waals surface area contributed by atoms with Gasteiger partial charge >= 0.3 is 0 Å². The fourth-order valence-electron chi connectivity index (χ4n) is 4.11. The highest BCUT2D eigenvalue weighted by molar-refractivity contribution is 5.99. The van der Waals surface area contributed by atoms with Crippen LogP contribution >= 0.6 is 0 Å². The van der Waals surface area contributed by atoms with Gasteiger partial charge in [-0.25, -0.2) is 0 Å². The lowest BCUT2D eigenvalue weighted by molar-refractivity contribution is -0.194. The van der Waals surface area contributed by atoms with E-state index in [-0.39, 0.29) is 24.3 Å². The molecule has 8 nitrogen and oxygen atoms in total. The number of carbonyl (C=O) groups excluding carboxylic acids is 2. The van der Waals surface area contributed by atoms with Crippen LogP contribution in [0.15, 0.2) is 48.7 Å². The van der Waals surface area contributed by atoms with Gasteiger partial charge in [0.25, 0.3) is 5.91 Å². The van der Waals surface area contributed by atoms with Crippen molar-refractivity contribution < 1.29 is 19.8 Å². The number of fused-ring (bicyclic) bond motifs is 1. The van der Waals surface area contributed by atoms with Crippen molar-refractivity contribution in [2.75, 3.05) is 14.1 Å². The van der Waals surface area contributed by atoms with Crippen LogP contribution in [0.3, 0.4) is 0 Å². The van der Waals surface area contributed by atoms with Crippen LogP contribution < -0.4 is 5.73 Å². The number of nitrogens with zero attached hydrogens (tertiary/aromatic N) is 3. The summed E-state index contributed by atoms with van der Waals surface area (Å²) in [6, 6.07) is 10.5. The van der Waals surface area contributed by atoms with Gasteiger partial charge in [-0.1, -0.05) is 18.2 Å². The number of rotatable bonds is 4. The van der Waals surface area contributed by atoms with Gasteiger partial charge in [0.1, 0.15) is 11.8 Å². The Hall–Kier alpha value is -3.52. The first-order valence-electron chi connectivity index (χ1n) is 9.55. The van der Waals surface area contributed by atoms with Gasteiger partial charge in [0.2, 0.25) is 11.6 Å². The predicted molar refractivity (Wildman–Crippen MR) is 110 cm³/mol. The topological polar surface area (TPSA) is 119 Å². The molecular weight excluding hydrogens is 384 g/mol. The van der Waals surface area contributed by atoms with Crippen molar-refractivity contribution in [3.63, 3.8) is 0 Å². The van der Waals surface area contributed by atoms with E-state index in [1.54, 1.807) is 30.5 Å². The molecule has 4 rings (SSSR count). The van der Waals surface area contributed by atoms with Crippen molar-refractivity contribution in [2.45, 2.75) is 24.6 Å². The Bertz CT molecular complexity index is 1140. The van der Waals surface area contributed by atoms with E-state index in [2.05, 4.69) is 4.98 Å². The lowest BCUT2D eigenvalue weighted by Crippen LogP contribution is -2.70. The van der Waals surface area contributed by atoms with Gasteiger partial charge in [0, 0.05) is 44.0 Å². The first-order chi connectivity index (χ1) is 14.2. The number of H-pyrrole nitrogens is 1. The van der Waals surface area contributed by atoms with Crippen molar-refractivity contribution in [2.24, 2.45) is 0 Å². The highest BCUT2D eigenvalue weighted by Gasteiger charge is 2.52. The number of carbonyl (C=O) groups is 2. The van der Waals surface area contributed by atoms with E-state index in [0.29, 0.717) is 16.5 Å². The second-order valence-electron chi connectivity index (χ2n) is 7.71. The van der Waals surface area contributed by atoms with Crippen LogP contribution in [-0.2, 0) is 22.4 Å². The number of amides is 2. The fourth-order valence-corrected chi connectivity index (χ4v) is 4.11.